The minimum absolute atomic E-state index is 0. The predicted molar refractivity (Wildman–Crippen MR) is 90.1 cm³/mol. The van der Waals surface area contributed by atoms with Crippen molar-refractivity contribution in [1.29, 1.82) is 0 Å². The van der Waals surface area contributed by atoms with Crippen LogP contribution in [-0.2, 0) is 0 Å². The Labute approximate surface area is 140 Å². The van der Waals surface area contributed by atoms with Gasteiger partial charge in [0.1, 0.15) is 5.69 Å². The summed E-state index contributed by atoms with van der Waals surface area (Å²) >= 11 is 0. The summed E-state index contributed by atoms with van der Waals surface area (Å²) < 4.78 is 0. The summed E-state index contributed by atoms with van der Waals surface area (Å²) in [6.07, 6.45) is 3.89. The number of nitrogens with two attached hydrogens (primary N) is 1. The molecule has 1 heterocycles. The minimum Gasteiger partial charge on any atom is -0.377 e. The Morgan fingerprint density at radius 3 is 2.74 bits per heavy atom. The van der Waals surface area contributed by atoms with Crippen molar-refractivity contribution >= 4 is 29.7 Å². The molecule has 23 heavy (non-hydrogen) atoms. The van der Waals surface area contributed by atoms with Crippen molar-refractivity contribution < 1.29 is 9.72 Å². The van der Waals surface area contributed by atoms with E-state index in [0.29, 0.717) is 30.4 Å². The molecule has 1 aromatic carbocycles. The summed E-state index contributed by atoms with van der Waals surface area (Å²) in [5.74, 6) is -0.172. The standard InChI is InChI=1S/C15H20N4O3.ClH/c16-9-12-2-1-7-18(12)15(20)10-3-6-13(17-11-4-5-11)14(8-10)19(21)22;/h3,6,8,11-12,17H,1-2,4-5,7,9,16H2;1H. The molecule has 0 spiro atoms. The van der Waals surface area contributed by atoms with E-state index in [1.54, 1.807) is 17.0 Å². The quantitative estimate of drug-likeness (QED) is 0.631. The lowest BCUT2D eigenvalue weighted by molar-refractivity contribution is -0.384. The molecular weight excluding hydrogens is 320 g/mol. The fourth-order valence-corrected chi connectivity index (χ4v) is 2.90. The van der Waals surface area contributed by atoms with E-state index in [4.69, 9.17) is 5.73 Å². The highest BCUT2D eigenvalue weighted by molar-refractivity contribution is 5.96. The zero-order valence-electron chi connectivity index (χ0n) is 12.7. The van der Waals surface area contributed by atoms with Gasteiger partial charge in [-0.15, -0.1) is 12.4 Å². The van der Waals surface area contributed by atoms with Crippen LogP contribution in [0, 0.1) is 10.1 Å². The van der Waals surface area contributed by atoms with E-state index in [1.165, 1.54) is 6.07 Å². The van der Waals surface area contributed by atoms with E-state index in [0.717, 1.165) is 25.7 Å². The fraction of sp³-hybridized carbons (Fsp3) is 0.533. The highest BCUT2D eigenvalue weighted by Gasteiger charge is 2.30. The topological polar surface area (TPSA) is 102 Å². The van der Waals surface area contributed by atoms with Crippen LogP contribution in [-0.4, -0.2) is 40.9 Å². The molecule has 1 unspecified atom stereocenters. The summed E-state index contributed by atoms with van der Waals surface area (Å²) in [6.45, 7) is 1.09. The summed E-state index contributed by atoms with van der Waals surface area (Å²) in [7, 11) is 0. The number of nitro benzene ring substituents is 1. The van der Waals surface area contributed by atoms with Gasteiger partial charge in [-0.2, -0.15) is 0 Å². The number of rotatable bonds is 5. The summed E-state index contributed by atoms with van der Waals surface area (Å²) in [5, 5.41) is 14.4. The number of carbonyl (C=O) groups is 1. The summed E-state index contributed by atoms with van der Waals surface area (Å²) in [6, 6.07) is 5.03. The average Bonchev–Trinajstić information content (AvgIpc) is 3.20. The third kappa shape index (κ3) is 3.73. The van der Waals surface area contributed by atoms with E-state index >= 15 is 0 Å². The predicted octanol–water partition coefficient (Wildman–Crippen LogP) is 2.15. The lowest BCUT2D eigenvalue weighted by Crippen LogP contribution is -2.39. The zero-order chi connectivity index (χ0) is 15.7. The van der Waals surface area contributed by atoms with Crippen LogP contribution >= 0.6 is 12.4 Å². The van der Waals surface area contributed by atoms with Crippen LogP contribution in [0.1, 0.15) is 36.0 Å². The Morgan fingerprint density at radius 1 is 1.39 bits per heavy atom. The highest BCUT2D eigenvalue weighted by atomic mass is 35.5. The van der Waals surface area contributed by atoms with Crippen LogP contribution in [0.3, 0.4) is 0 Å². The molecule has 1 aliphatic heterocycles. The number of hydrogen-bond acceptors (Lipinski definition) is 5. The van der Waals surface area contributed by atoms with Crippen LogP contribution in [0.2, 0.25) is 0 Å². The van der Waals surface area contributed by atoms with Gasteiger partial charge in [0, 0.05) is 36.8 Å². The van der Waals surface area contributed by atoms with Gasteiger partial charge in [-0.25, -0.2) is 0 Å². The molecule has 0 aromatic heterocycles. The number of nitrogens with zero attached hydrogens (tertiary/aromatic N) is 2. The van der Waals surface area contributed by atoms with Gasteiger partial charge < -0.3 is 16.0 Å². The Morgan fingerprint density at radius 2 is 2.13 bits per heavy atom. The van der Waals surface area contributed by atoms with E-state index in [9.17, 15) is 14.9 Å². The van der Waals surface area contributed by atoms with E-state index < -0.39 is 4.92 Å². The van der Waals surface area contributed by atoms with Crippen LogP contribution < -0.4 is 11.1 Å². The molecule has 0 radical (unpaired) electrons. The van der Waals surface area contributed by atoms with Crippen LogP contribution in [0.4, 0.5) is 11.4 Å². The Bertz CT molecular complexity index is 606. The molecule has 126 valence electrons. The number of hydrogen-bond donors (Lipinski definition) is 2. The molecule has 1 atom stereocenters. The Kier molecular flexibility index (Phi) is 5.43. The normalized spacial score (nSPS) is 20.0. The van der Waals surface area contributed by atoms with Crippen molar-refractivity contribution in [2.75, 3.05) is 18.4 Å². The zero-order valence-corrected chi connectivity index (χ0v) is 13.6. The molecule has 1 saturated heterocycles. The van der Waals surface area contributed by atoms with Crippen LogP contribution in [0.15, 0.2) is 18.2 Å². The van der Waals surface area contributed by atoms with Gasteiger partial charge in [0.05, 0.1) is 4.92 Å². The molecule has 2 fully saturated rings. The monoisotopic (exact) mass is 340 g/mol. The van der Waals surface area contributed by atoms with Gasteiger partial charge in [0.2, 0.25) is 0 Å². The van der Waals surface area contributed by atoms with Gasteiger partial charge in [-0.05, 0) is 37.8 Å². The largest absolute Gasteiger partial charge is 0.377 e. The number of nitrogens with one attached hydrogen (secondary N) is 1. The molecule has 3 N–H and O–H groups in total. The fourth-order valence-electron chi connectivity index (χ4n) is 2.90. The first-order chi connectivity index (χ1) is 10.6. The van der Waals surface area contributed by atoms with E-state index in [-0.39, 0.29) is 30.0 Å². The minimum atomic E-state index is -0.439. The summed E-state index contributed by atoms with van der Waals surface area (Å²) in [4.78, 5) is 25.1. The van der Waals surface area contributed by atoms with Crippen molar-refractivity contribution in [3.8, 4) is 0 Å². The first kappa shape index (κ1) is 17.5. The van der Waals surface area contributed by atoms with Gasteiger partial charge in [0.15, 0.2) is 0 Å². The molecule has 2 aliphatic rings. The maximum absolute atomic E-state index is 12.6. The maximum atomic E-state index is 12.6. The third-order valence-electron chi connectivity index (χ3n) is 4.29. The van der Waals surface area contributed by atoms with Crippen LogP contribution in [0.25, 0.3) is 0 Å². The third-order valence-corrected chi connectivity index (χ3v) is 4.29. The molecule has 1 amide bonds. The smallest absolute Gasteiger partial charge is 0.293 e. The van der Waals surface area contributed by atoms with E-state index in [1.807, 2.05) is 0 Å². The van der Waals surface area contributed by atoms with Gasteiger partial charge in [-0.3, -0.25) is 14.9 Å². The van der Waals surface area contributed by atoms with Crippen LogP contribution in [0.5, 0.6) is 0 Å². The number of nitro groups is 1. The lowest BCUT2D eigenvalue weighted by atomic mass is 10.1. The second-order valence-corrected chi connectivity index (χ2v) is 5.94. The molecular formula is C15H21ClN4O3. The van der Waals surface area contributed by atoms with Crippen molar-refractivity contribution in [1.82, 2.24) is 4.90 Å². The van der Waals surface area contributed by atoms with Crippen molar-refractivity contribution in [2.24, 2.45) is 5.73 Å². The van der Waals surface area contributed by atoms with Crippen molar-refractivity contribution in [3.05, 3.63) is 33.9 Å². The number of benzene rings is 1. The number of carbonyl (C=O) groups excluding carboxylic acids is 1. The molecule has 1 saturated carbocycles. The van der Waals surface area contributed by atoms with Gasteiger partial charge in [0.25, 0.3) is 11.6 Å². The highest BCUT2D eigenvalue weighted by Crippen LogP contribution is 2.32. The van der Waals surface area contributed by atoms with Gasteiger partial charge in [-0.1, -0.05) is 0 Å². The van der Waals surface area contributed by atoms with Crippen molar-refractivity contribution in [3.63, 3.8) is 0 Å². The Balaban J connectivity index is 0.00000192. The molecule has 0 bridgehead atoms. The van der Waals surface area contributed by atoms with Crippen molar-refractivity contribution in [2.45, 2.75) is 37.8 Å². The van der Waals surface area contributed by atoms with E-state index in [2.05, 4.69) is 5.32 Å². The SMILES string of the molecule is Cl.NCC1CCCN1C(=O)c1ccc(NC2CC2)c([N+](=O)[O-])c1. The number of amides is 1. The average molecular weight is 341 g/mol. The number of likely N-dealkylation sites (tertiary alicyclic amines) is 1. The number of halogens is 1. The first-order valence-electron chi connectivity index (χ1n) is 7.66. The molecule has 1 aliphatic carbocycles. The lowest BCUT2D eigenvalue weighted by Gasteiger charge is -2.23. The molecule has 3 rings (SSSR count). The first-order valence-corrected chi connectivity index (χ1v) is 7.66. The van der Waals surface area contributed by atoms with Gasteiger partial charge >= 0.3 is 0 Å². The summed E-state index contributed by atoms with van der Waals surface area (Å²) in [5.41, 5.74) is 6.49. The molecule has 8 heteroatoms. The molecule has 7 nitrogen and oxygen atoms in total. The molecule has 1 aromatic rings. The number of anilines is 1. The Hall–Kier alpha value is -1.86. The second-order valence-electron chi connectivity index (χ2n) is 5.94. The second kappa shape index (κ2) is 7.14. The maximum Gasteiger partial charge on any atom is 0.293 e.